The van der Waals surface area contributed by atoms with Gasteiger partial charge in [0, 0.05) is 12.1 Å². The van der Waals surface area contributed by atoms with E-state index in [9.17, 15) is 4.79 Å². The fourth-order valence-corrected chi connectivity index (χ4v) is 3.09. The van der Waals surface area contributed by atoms with Gasteiger partial charge in [-0.15, -0.1) is 0 Å². The maximum atomic E-state index is 11.9. The Hall–Kier alpha value is -1.30. The Balaban J connectivity index is 1.84. The van der Waals surface area contributed by atoms with Gasteiger partial charge in [-0.1, -0.05) is 25.3 Å². The highest BCUT2D eigenvalue weighted by Crippen LogP contribution is 2.48. The second-order valence-corrected chi connectivity index (χ2v) is 5.33. The van der Waals surface area contributed by atoms with Gasteiger partial charge in [-0.2, -0.15) is 5.26 Å². The van der Waals surface area contributed by atoms with E-state index < -0.39 is 0 Å². The summed E-state index contributed by atoms with van der Waals surface area (Å²) in [5.74, 6) is 0.0442. The lowest BCUT2D eigenvalue weighted by Gasteiger charge is -2.33. The van der Waals surface area contributed by atoms with E-state index in [2.05, 4.69) is 11.4 Å². The van der Waals surface area contributed by atoms with Gasteiger partial charge in [0.05, 0.1) is 12.5 Å². The van der Waals surface area contributed by atoms with Gasteiger partial charge in [-0.25, -0.2) is 0 Å². The van der Waals surface area contributed by atoms with Crippen molar-refractivity contribution in [3.05, 3.63) is 11.6 Å². The van der Waals surface area contributed by atoms with Crippen LogP contribution >= 0.6 is 0 Å². The average Bonchev–Trinajstić information content (AvgIpc) is 2.74. The largest absolute Gasteiger partial charge is 0.351 e. The molecular formula is C14H20N2O. The third-order valence-corrected chi connectivity index (χ3v) is 4.08. The van der Waals surface area contributed by atoms with Crippen molar-refractivity contribution in [1.29, 1.82) is 5.26 Å². The molecule has 0 aromatic rings. The van der Waals surface area contributed by atoms with Crippen LogP contribution in [0.25, 0.3) is 0 Å². The van der Waals surface area contributed by atoms with Gasteiger partial charge >= 0.3 is 0 Å². The minimum atomic E-state index is 0.0442. The molecule has 0 heterocycles. The Bertz CT molecular complexity index is 359. The summed E-state index contributed by atoms with van der Waals surface area (Å²) in [6.07, 6.45) is 11.1. The van der Waals surface area contributed by atoms with E-state index in [0.717, 1.165) is 18.4 Å². The molecule has 1 saturated carbocycles. The van der Waals surface area contributed by atoms with Gasteiger partial charge in [-0.3, -0.25) is 4.79 Å². The van der Waals surface area contributed by atoms with Crippen molar-refractivity contribution >= 4 is 5.91 Å². The minimum Gasteiger partial charge on any atom is -0.351 e. The van der Waals surface area contributed by atoms with Crippen LogP contribution in [0.1, 0.15) is 51.4 Å². The van der Waals surface area contributed by atoms with Gasteiger partial charge in [0.2, 0.25) is 5.91 Å². The number of hydrogen-bond acceptors (Lipinski definition) is 2. The zero-order valence-corrected chi connectivity index (χ0v) is 10.3. The highest BCUT2D eigenvalue weighted by molar-refractivity contribution is 5.94. The molecule has 0 aliphatic heterocycles. The first-order valence-electron chi connectivity index (χ1n) is 6.60. The molecular weight excluding hydrogens is 212 g/mol. The summed E-state index contributed by atoms with van der Waals surface area (Å²) in [6.45, 7) is 0.472. The fourth-order valence-electron chi connectivity index (χ4n) is 3.09. The quantitative estimate of drug-likeness (QED) is 0.761. The molecule has 2 aliphatic carbocycles. The number of nitrogens with one attached hydrogen (secondary N) is 1. The van der Waals surface area contributed by atoms with Gasteiger partial charge in [0.1, 0.15) is 0 Å². The van der Waals surface area contributed by atoms with Crippen LogP contribution in [-0.2, 0) is 4.79 Å². The topological polar surface area (TPSA) is 52.9 Å². The monoisotopic (exact) mass is 232 g/mol. The summed E-state index contributed by atoms with van der Waals surface area (Å²) in [5, 5.41) is 11.2. The molecule has 1 fully saturated rings. The van der Waals surface area contributed by atoms with E-state index in [1.54, 1.807) is 0 Å². The van der Waals surface area contributed by atoms with Crippen molar-refractivity contribution < 1.29 is 4.79 Å². The lowest BCUT2D eigenvalue weighted by atomic mass is 9.72. The van der Waals surface area contributed by atoms with E-state index in [4.69, 9.17) is 5.26 Å². The second kappa shape index (κ2) is 5.35. The lowest BCUT2D eigenvalue weighted by Crippen LogP contribution is -2.27. The zero-order chi connectivity index (χ0) is 12.1. The molecule has 0 unspecified atom stereocenters. The standard InChI is InChI=1S/C14H20N2O/c15-9-4-10-16-13(17)12-5-8-14(11-12)6-2-1-3-7-14/h5H,1-4,6-8,10-11H2,(H,16,17). The first-order chi connectivity index (χ1) is 8.26. The molecule has 0 aromatic carbocycles. The number of allylic oxidation sites excluding steroid dienone is 1. The Morgan fingerprint density at radius 2 is 2.18 bits per heavy atom. The predicted octanol–water partition coefficient (Wildman–Crippen LogP) is 2.69. The lowest BCUT2D eigenvalue weighted by molar-refractivity contribution is -0.117. The summed E-state index contributed by atoms with van der Waals surface area (Å²) in [4.78, 5) is 11.9. The molecule has 1 N–H and O–H groups in total. The van der Waals surface area contributed by atoms with Crippen LogP contribution in [0.5, 0.6) is 0 Å². The van der Waals surface area contributed by atoms with Crippen LogP contribution < -0.4 is 5.32 Å². The molecule has 17 heavy (non-hydrogen) atoms. The molecule has 1 spiro atoms. The molecule has 3 nitrogen and oxygen atoms in total. The van der Waals surface area contributed by atoms with Crippen LogP contribution in [0.4, 0.5) is 0 Å². The number of hydrogen-bond donors (Lipinski definition) is 1. The summed E-state index contributed by atoms with van der Waals surface area (Å²) in [5.41, 5.74) is 1.35. The van der Waals surface area contributed by atoms with Gasteiger partial charge in [0.15, 0.2) is 0 Å². The van der Waals surface area contributed by atoms with E-state index >= 15 is 0 Å². The van der Waals surface area contributed by atoms with E-state index in [1.165, 1.54) is 32.1 Å². The molecule has 92 valence electrons. The number of carbonyl (C=O) groups is 1. The Kier molecular flexibility index (Phi) is 3.83. The van der Waals surface area contributed by atoms with Crippen LogP contribution in [0.3, 0.4) is 0 Å². The smallest absolute Gasteiger partial charge is 0.246 e. The molecule has 3 heteroatoms. The first kappa shape index (κ1) is 12.2. The third kappa shape index (κ3) is 2.88. The van der Waals surface area contributed by atoms with Crippen molar-refractivity contribution in [3.63, 3.8) is 0 Å². The molecule has 0 bridgehead atoms. The Morgan fingerprint density at radius 1 is 1.41 bits per heavy atom. The molecule has 2 aliphatic rings. The summed E-state index contributed by atoms with van der Waals surface area (Å²) < 4.78 is 0. The number of carbonyl (C=O) groups excluding carboxylic acids is 1. The third-order valence-electron chi connectivity index (χ3n) is 4.08. The van der Waals surface area contributed by atoms with Crippen molar-refractivity contribution in [2.45, 2.75) is 51.4 Å². The van der Waals surface area contributed by atoms with Crippen molar-refractivity contribution in [1.82, 2.24) is 5.32 Å². The van der Waals surface area contributed by atoms with Crippen LogP contribution in [0, 0.1) is 16.7 Å². The molecule has 0 atom stereocenters. The van der Waals surface area contributed by atoms with Crippen LogP contribution in [0.15, 0.2) is 11.6 Å². The van der Waals surface area contributed by atoms with E-state index in [0.29, 0.717) is 18.4 Å². The van der Waals surface area contributed by atoms with Crippen molar-refractivity contribution in [3.8, 4) is 6.07 Å². The van der Waals surface area contributed by atoms with Crippen molar-refractivity contribution in [2.24, 2.45) is 5.41 Å². The zero-order valence-electron chi connectivity index (χ0n) is 10.3. The number of amides is 1. The maximum Gasteiger partial charge on any atom is 0.246 e. The van der Waals surface area contributed by atoms with Crippen molar-refractivity contribution in [2.75, 3.05) is 6.54 Å². The summed E-state index contributed by atoms with van der Waals surface area (Å²) >= 11 is 0. The SMILES string of the molecule is N#CCCNC(=O)C1=CCC2(CCCCC2)C1. The number of nitrogens with zero attached hydrogens (tertiary/aromatic N) is 1. The fraction of sp³-hybridized carbons (Fsp3) is 0.714. The van der Waals surface area contributed by atoms with Gasteiger partial charge in [-0.05, 0) is 31.1 Å². The average molecular weight is 232 g/mol. The molecule has 2 rings (SSSR count). The highest BCUT2D eigenvalue weighted by Gasteiger charge is 2.37. The molecule has 0 radical (unpaired) electrons. The van der Waals surface area contributed by atoms with E-state index in [1.807, 2.05) is 6.07 Å². The Morgan fingerprint density at radius 3 is 2.88 bits per heavy atom. The molecule has 0 saturated heterocycles. The predicted molar refractivity (Wildman–Crippen MR) is 66.1 cm³/mol. The Labute approximate surface area is 103 Å². The normalized spacial score (nSPS) is 21.9. The molecule has 1 amide bonds. The minimum absolute atomic E-state index is 0.0442. The van der Waals surface area contributed by atoms with Crippen LogP contribution in [0.2, 0.25) is 0 Å². The van der Waals surface area contributed by atoms with E-state index in [-0.39, 0.29) is 5.91 Å². The van der Waals surface area contributed by atoms with Gasteiger partial charge in [0.25, 0.3) is 0 Å². The molecule has 0 aromatic heterocycles. The summed E-state index contributed by atoms with van der Waals surface area (Å²) in [6, 6.07) is 2.04. The van der Waals surface area contributed by atoms with Gasteiger partial charge < -0.3 is 5.32 Å². The first-order valence-corrected chi connectivity index (χ1v) is 6.60. The number of rotatable bonds is 3. The number of nitriles is 1. The maximum absolute atomic E-state index is 11.9. The highest BCUT2D eigenvalue weighted by atomic mass is 16.1. The van der Waals surface area contributed by atoms with Crippen LogP contribution in [-0.4, -0.2) is 12.5 Å². The summed E-state index contributed by atoms with van der Waals surface area (Å²) in [7, 11) is 0. The second-order valence-electron chi connectivity index (χ2n) is 5.33.